The maximum Gasteiger partial charge on any atom is 0.250 e. The second-order valence-corrected chi connectivity index (χ2v) is 6.54. The van der Waals surface area contributed by atoms with Crippen LogP contribution in [0, 0.1) is 5.82 Å². The topological polar surface area (TPSA) is 99.9 Å². The lowest BCUT2D eigenvalue weighted by Gasteiger charge is -2.10. The lowest BCUT2D eigenvalue weighted by Crippen LogP contribution is -2.19. The molecule has 2 heterocycles. The number of hydrogen-bond acceptors (Lipinski definition) is 7. The third-order valence-electron chi connectivity index (χ3n) is 4.34. The molecule has 1 aromatic heterocycles. The zero-order chi connectivity index (χ0) is 21.1. The number of nitrogens with zero attached hydrogens (tertiary/aromatic N) is 1. The van der Waals surface area contributed by atoms with Crippen LogP contribution in [-0.4, -0.2) is 30.2 Å². The monoisotopic (exact) mass is 412 g/mol. The Morgan fingerprint density at radius 3 is 2.60 bits per heavy atom. The molecule has 1 N–H and O–H groups in total. The molecule has 8 nitrogen and oxygen atoms in total. The van der Waals surface area contributed by atoms with Gasteiger partial charge in [0.25, 0.3) is 0 Å². The van der Waals surface area contributed by atoms with Gasteiger partial charge in [-0.1, -0.05) is 5.16 Å². The van der Waals surface area contributed by atoms with E-state index in [0.717, 1.165) is 0 Å². The lowest BCUT2D eigenvalue weighted by atomic mass is 10.1. The lowest BCUT2D eigenvalue weighted by molar-refractivity contribution is -0.121. The summed E-state index contributed by atoms with van der Waals surface area (Å²) in [5.41, 5.74) is 1.79. The third kappa shape index (κ3) is 4.31. The van der Waals surface area contributed by atoms with Crippen molar-refractivity contribution in [2.75, 3.05) is 18.7 Å². The van der Waals surface area contributed by atoms with Crippen LogP contribution in [0.2, 0.25) is 0 Å². The number of carbonyl (C=O) groups is 2. The van der Waals surface area contributed by atoms with Gasteiger partial charge in [-0.3, -0.25) is 9.59 Å². The van der Waals surface area contributed by atoms with Crippen LogP contribution < -0.4 is 14.8 Å². The fourth-order valence-electron chi connectivity index (χ4n) is 2.90. The average molecular weight is 412 g/mol. The van der Waals surface area contributed by atoms with Crippen molar-refractivity contribution < 1.29 is 32.7 Å². The molecule has 0 saturated carbocycles. The summed E-state index contributed by atoms with van der Waals surface area (Å²) >= 11 is 0. The Bertz CT molecular complexity index is 1090. The summed E-state index contributed by atoms with van der Waals surface area (Å²) < 4.78 is 34.1. The van der Waals surface area contributed by atoms with E-state index < -0.39 is 5.91 Å². The van der Waals surface area contributed by atoms with E-state index in [1.165, 1.54) is 25.1 Å². The zero-order valence-corrected chi connectivity index (χ0v) is 15.9. The quantitative estimate of drug-likeness (QED) is 0.592. The van der Waals surface area contributed by atoms with Gasteiger partial charge in [0.2, 0.25) is 12.7 Å². The van der Waals surface area contributed by atoms with E-state index in [-0.39, 0.29) is 31.6 Å². The van der Waals surface area contributed by atoms with E-state index in [0.29, 0.717) is 39.8 Å². The van der Waals surface area contributed by atoms with Crippen molar-refractivity contribution in [3.05, 3.63) is 59.5 Å². The summed E-state index contributed by atoms with van der Waals surface area (Å²) in [7, 11) is 0. The molecule has 30 heavy (non-hydrogen) atoms. The van der Waals surface area contributed by atoms with Gasteiger partial charge in [0.05, 0.1) is 12.3 Å². The largest absolute Gasteiger partial charge is 0.454 e. The van der Waals surface area contributed by atoms with Crippen LogP contribution in [0.3, 0.4) is 0 Å². The van der Waals surface area contributed by atoms with Crippen molar-refractivity contribution >= 4 is 17.4 Å². The van der Waals surface area contributed by atoms with Crippen LogP contribution >= 0.6 is 0 Å². The number of aromatic nitrogens is 1. The average Bonchev–Trinajstić information content (AvgIpc) is 3.37. The SMILES string of the molecule is CC(=O)c1cc2c(cc1NC(=O)COCc1cc(-c3ccc(F)cc3)on1)OCO2. The van der Waals surface area contributed by atoms with Gasteiger partial charge in [0, 0.05) is 23.3 Å². The van der Waals surface area contributed by atoms with Crippen molar-refractivity contribution in [2.45, 2.75) is 13.5 Å². The molecule has 2 aromatic carbocycles. The number of nitrogens with one attached hydrogen (secondary N) is 1. The minimum atomic E-state index is -0.446. The second-order valence-electron chi connectivity index (χ2n) is 6.54. The first-order valence-corrected chi connectivity index (χ1v) is 9.03. The van der Waals surface area contributed by atoms with E-state index in [2.05, 4.69) is 10.5 Å². The Labute approximate surface area is 170 Å². The zero-order valence-electron chi connectivity index (χ0n) is 15.9. The number of halogens is 1. The van der Waals surface area contributed by atoms with Crippen molar-refractivity contribution in [3.8, 4) is 22.8 Å². The number of anilines is 1. The van der Waals surface area contributed by atoms with Gasteiger partial charge in [0.15, 0.2) is 23.0 Å². The second kappa shape index (κ2) is 8.34. The maximum absolute atomic E-state index is 13.0. The fraction of sp³-hybridized carbons (Fsp3) is 0.190. The molecule has 9 heteroatoms. The molecule has 0 bridgehead atoms. The highest BCUT2D eigenvalue weighted by molar-refractivity contribution is 6.04. The molecule has 0 atom stereocenters. The molecule has 0 unspecified atom stereocenters. The number of amides is 1. The molecule has 0 aliphatic carbocycles. The first-order chi connectivity index (χ1) is 14.5. The van der Waals surface area contributed by atoms with Gasteiger partial charge in [-0.2, -0.15) is 0 Å². The molecule has 1 aliphatic rings. The number of Topliss-reactive ketones (excluding diaryl/α,β-unsaturated/α-hetero) is 1. The Morgan fingerprint density at radius 1 is 1.13 bits per heavy atom. The van der Waals surface area contributed by atoms with Gasteiger partial charge in [-0.05, 0) is 37.3 Å². The van der Waals surface area contributed by atoms with E-state index in [4.69, 9.17) is 18.7 Å². The van der Waals surface area contributed by atoms with Crippen LogP contribution in [0.4, 0.5) is 10.1 Å². The Morgan fingerprint density at radius 2 is 1.87 bits per heavy atom. The van der Waals surface area contributed by atoms with E-state index >= 15 is 0 Å². The van der Waals surface area contributed by atoms with Gasteiger partial charge >= 0.3 is 0 Å². The molecule has 0 saturated heterocycles. The predicted octanol–water partition coefficient (Wildman–Crippen LogP) is 3.57. The molecule has 0 radical (unpaired) electrons. The first-order valence-electron chi connectivity index (χ1n) is 9.03. The molecule has 0 spiro atoms. The van der Waals surface area contributed by atoms with Gasteiger partial charge < -0.3 is 24.1 Å². The summed E-state index contributed by atoms with van der Waals surface area (Å²) in [5, 5.41) is 6.52. The highest BCUT2D eigenvalue weighted by Gasteiger charge is 2.20. The summed E-state index contributed by atoms with van der Waals surface area (Å²) in [5.74, 6) is 0.358. The van der Waals surface area contributed by atoms with Crippen LogP contribution in [0.15, 0.2) is 47.0 Å². The number of carbonyl (C=O) groups excluding carboxylic acids is 2. The number of benzene rings is 2. The highest BCUT2D eigenvalue weighted by atomic mass is 19.1. The van der Waals surface area contributed by atoms with E-state index in [1.54, 1.807) is 24.3 Å². The van der Waals surface area contributed by atoms with Crippen LogP contribution in [-0.2, 0) is 16.1 Å². The van der Waals surface area contributed by atoms with Gasteiger partial charge in [-0.25, -0.2) is 4.39 Å². The predicted molar refractivity (Wildman–Crippen MR) is 103 cm³/mol. The summed E-state index contributed by atoms with van der Waals surface area (Å²) in [4.78, 5) is 24.1. The Balaban J connectivity index is 1.34. The molecule has 3 aromatic rings. The first kappa shape index (κ1) is 19.6. The molecule has 154 valence electrons. The number of ketones is 1. The molecule has 4 rings (SSSR count). The van der Waals surface area contributed by atoms with Crippen molar-refractivity contribution in [1.29, 1.82) is 0 Å². The molecule has 1 amide bonds. The third-order valence-corrected chi connectivity index (χ3v) is 4.34. The minimum Gasteiger partial charge on any atom is -0.454 e. The molecule has 0 fully saturated rings. The smallest absolute Gasteiger partial charge is 0.250 e. The van der Waals surface area contributed by atoms with Gasteiger partial charge in [0.1, 0.15) is 18.1 Å². The maximum atomic E-state index is 13.0. The molecular formula is C21H17FN2O6. The number of rotatable bonds is 7. The summed E-state index contributed by atoms with van der Waals surface area (Å²) in [6, 6.07) is 10.5. The molecule has 1 aliphatic heterocycles. The van der Waals surface area contributed by atoms with Crippen molar-refractivity contribution in [1.82, 2.24) is 5.16 Å². The summed E-state index contributed by atoms with van der Waals surface area (Å²) in [6.07, 6.45) is 0. The van der Waals surface area contributed by atoms with Crippen LogP contribution in [0.25, 0.3) is 11.3 Å². The number of ether oxygens (including phenoxy) is 3. The highest BCUT2D eigenvalue weighted by Crippen LogP contribution is 2.37. The van der Waals surface area contributed by atoms with Crippen molar-refractivity contribution in [2.24, 2.45) is 0 Å². The van der Waals surface area contributed by atoms with E-state index in [1.807, 2.05) is 0 Å². The summed E-state index contributed by atoms with van der Waals surface area (Å²) in [6.45, 7) is 1.24. The van der Waals surface area contributed by atoms with Crippen LogP contribution in [0.5, 0.6) is 11.5 Å². The molecular weight excluding hydrogens is 395 g/mol. The standard InChI is InChI=1S/C21H17FN2O6/c1-12(25)16-7-19-20(29-11-28-19)8-17(16)23-21(26)10-27-9-15-6-18(30-24-15)13-2-4-14(22)5-3-13/h2-8H,9-11H2,1H3,(H,23,26). The van der Waals surface area contributed by atoms with Gasteiger partial charge in [-0.15, -0.1) is 0 Å². The van der Waals surface area contributed by atoms with Crippen molar-refractivity contribution in [3.63, 3.8) is 0 Å². The van der Waals surface area contributed by atoms with E-state index in [9.17, 15) is 14.0 Å². The Hall–Kier alpha value is -3.72. The fourth-order valence-corrected chi connectivity index (χ4v) is 2.90. The van der Waals surface area contributed by atoms with Crippen LogP contribution in [0.1, 0.15) is 23.0 Å². The number of hydrogen-bond donors (Lipinski definition) is 1. The normalized spacial score (nSPS) is 12.1. The minimum absolute atomic E-state index is 0.0405. The number of fused-ring (bicyclic) bond motifs is 1. The Kier molecular flexibility index (Phi) is 5.44.